The molecule has 168 valence electrons. The fraction of sp³-hybridized carbons (Fsp3) is 0.115. The molecule has 4 rings (SSSR count). The lowest BCUT2D eigenvalue weighted by Crippen LogP contribution is -2.04. The van der Waals surface area contributed by atoms with Gasteiger partial charge in [-0.3, -0.25) is 4.79 Å². The second-order valence-electron chi connectivity index (χ2n) is 7.15. The molecular formula is C26H21FO6. The Morgan fingerprint density at radius 1 is 0.879 bits per heavy atom. The first kappa shape index (κ1) is 22.0. The first-order chi connectivity index (χ1) is 15.9. The largest absolute Gasteiger partial charge is 0.502 e. The Kier molecular flexibility index (Phi) is 6.04. The van der Waals surface area contributed by atoms with Crippen molar-refractivity contribution < 1.29 is 28.1 Å². The summed E-state index contributed by atoms with van der Waals surface area (Å²) >= 11 is 0. The summed E-state index contributed by atoms with van der Waals surface area (Å²) in [6.07, 6.45) is 3.64. The Labute approximate surface area is 189 Å². The van der Waals surface area contributed by atoms with Crippen LogP contribution in [0.1, 0.15) is 11.1 Å². The maximum Gasteiger partial charge on any atom is 0.235 e. The van der Waals surface area contributed by atoms with E-state index in [1.165, 1.54) is 26.4 Å². The summed E-state index contributed by atoms with van der Waals surface area (Å²) in [6.45, 7) is 0. The van der Waals surface area contributed by atoms with Crippen molar-refractivity contribution in [3.05, 3.63) is 81.8 Å². The molecule has 1 aromatic heterocycles. The predicted octanol–water partition coefficient (Wildman–Crippen LogP) is 5.50. The minimum absolute atomic E-state index is 0.0564. The van der Waals surface area contributed by atoms with E-state index in [4.69, 9.17) is 18.6 Å². The second-order valence-corrected chi connectivity index (χ2v) is 7.15. The Bertz CT molecular complexity index is 1400. The van der Waals surface area contributed by atoms with Crippen molar-refractivity contribution in [1.29, 1.82) is 0 Å². The third kappa shape index (κ3) is 4.25. The Morgan fingerprint density at radius 2 is 1.61 bits per heavy atom. The molecule has 1 heterocycles. The number of aromatic hydroxyl groups is 1. The van der Waals surface area contributed by atoms with Gasteiger partial charge in [-0.15, -0.1) is 0 Å². The molecule has 0 aliphatic rings. The van der Waals surface area contributed by atoms with E-state index in [9.17, 15) is 14.3 Å². The normalized spacial score (nSPS) is 11.2. The van der Waals surface area contributed by atoms with Gasteiger partial charge in [-0.05, 0) is 47.5 Å². The summed E-state index contributed by atoms with van der Waals surface area (Å²) in [5.41, 5.74) is 1.21. The summed E-state index contributed by atoms with van der Waals surface area (Å²) in [4.78, 5) is 12.8. The molecule has 0 radical (unpaired) electrons. The van der Waals surface area contributed by atoms with Crippen LogP contribution in [-0.4, -0.2) is 26.4 Å². The number of benzene rings is 3. The van der Waals surface area contributed by atoms with Gasteiger partial charge in [0.05, 0.1) is 32.3 Å². The molecule has 3 aromatic carbocycles. The monoisotopic (exact) mass is 448 g/mol. The van der Waals surface area contributed by atoms with Crippen LogP contribution in [0, 0.1) is 5.82 Å². The fourth-order valence-corrected chi connectivity index (χ4v) is 3.49. The van der Waals surface area contributed by atoms with Crippen molar-refractivity contribution in [2.24, 2.45) is 0 Å². The summed E-state index contributed by atoms with van der Waals surface area (Å²) in [5.74, 6) is 0.226. The van der Waals surface area contributed by atoms with E-state index < -0.39 is 17.0 Å². The van der Waals surface area contributed by atoms with Crippen LogP contribution in [0.4, 0.5) is 4.39 Å². The number of hydrogen-bond donors (Lipinski definition) is 1. The molecule has 33 heavy (non-hydrogen) atoms. The number of ether oxygens (including phenoxy) is 3. The number of rotatable bonds is 6. The van der Waals surface area contributed by atoms with Gasteiger partial charge in [0.2, 0.25) is 11.2 Å². The molecule has 1 N–H and O–H groups in total. The van der Waals surface area contributed by atoms with Gasteiger partial charge in [-0.1, -0.05) is 24.3 Å². The molecule has 0 aliphatic carbocycles. The number of halogens is 1. The first-order valence-electron chi connectivity index (χ1n) is 9.99. The van der Waals surface area contributed by atoms with E-state index in [-0.39, 0.29) is 16.7 Å². The van der Waals surface area contributed by atoms with E-state index in [1.807, 2.05) is 30.3 Å². The van der Waals surface area contributed by atoms with Gasteiger partial charge < -0.3 is 23.7 Å². The van der Waals surface area contributed by atoms with Crippen molar-refractivity contribution in [1.82, 2.24) is 0 Å². The van der Waals surface area contributed by atoms with Gasteiger partial charge >= 0.3 is 0 Å². The van der Waals surface area contributed by atoms with E-state index in [0.717, 1.165) is 17.4 Å². The predicted molar refractivity (Wildman–Crippen MR) is 125 cm³/mol. The summed E-state index contributed by atoms with van der Waals surface area (Å²) in [5, 5.41) is 10.6. The zero-order chi connectivity index (χ0) is 23.5. The van der Waals surface area contributed by atoms with Crippen LogP contribution in [0.3, 0.4) is 0 Å². The van der Waals surface area contributed by atoms with Crippen LogP contribution in [0.25, 0.3) is 34.4 Å². The zero-order valence-corrected chi connectivity index (χ0v) is 18.2. The van der Waals surface area contributed by atoms with Crippen LogP contribution >= 0.6 is 0 Å². The highest BCUT2D eigenvalue weighted by atomic mass is 19.1. The van der Waals surface area contributed by atoms with Crippen LogP contribution in [0.5, 0.6) is 23.0 Å². The minimum Gasteiger partial charge on any atom is -0.502 e. The molecule has 6 nitrogen and oxygen atoms in total. The standard InChI is InChI=1S/C26H21FO6/c1-30-18-9-5-15(6-10-18)4-7-16-12-19(31-2)14-22(32-3)23(16)26-25(29)24(28)20-13-17(27)8-11-21(20)33-26/h4-14,29H,1-3H3. The Morgan fingerprint density at radius 3 is 2.27 bits per heavy atom. The Balaban J connectivity index is 1.94. The molecule has 0 aliphatic heterocycles. The minimum atomic E-state index is -0.742. The lowest BCUT2D eigenvalue weighted by atomic mass is 10.00. The van der Waals surface area contributed by atoms with Gasteiger partial charge in [0, 0.05) is 6.07 Å². The average molecular weight is 448 g/mol. The van der Waals surface area contributed by atoms with E-state index in [2.05, 4.69) is 0 Å². The first-order valence-corrected chi connectivity index (χ1v) is 9.99. The van der Waals surface area contributed by atoms with Crippen molar-refractivity contribution in [3.63, 3.8) is 0 Å². The number of hydrogen-bond acceptors (Lipinski definition) is 6. The van der Waals surface area contributed by atoms with Gasteiger partial charge in [0.1, 0.15) is 28.6 Å². The molecule has 0 saturated heterocycles. The number of methoxy groups -OCH3 is 3. The van der Waals surface area contributed by atoms with Crippen molar-refractivity contribution in [2.75, 3.05) is 21.3 Å². The highest BCUT2D eigenvalue weighted by Gasteiger charge is 2.22. The van der Waals surface area contributed by atoms with E-state index in [0.29, 0.717) is 22.6 Å². The van der Waals surface area contributed by atoms with Crippen molar-refractivity contribution in [3.8, 4) is 34.3 Å². The van der Waals surface area contributed by atoms with E-state index in [1.54, 1.807) is 25.3 Å². The lowest BCUT2D eigenvalue weighted by molar-refractivity contribution is 0.393. The fourth-order valence-electron chi connectivity index (χ4n) is 3.49. The molecule has 0 unspecified atom stereocenters. The van der Waals surface area contributed by atoms with Crippen LogP contribution in [0.2, 0.25) is 0 Å². The third-order valence-electron chi connectivity index (χ3n) is 5.19. The van der Waals surface area contributed by atoms with Gasteiger partial charge in [-0.2, -0.15) is 0 Å². The summed E-state index contributed by atoms with van der Waals surface area (Å²) in [7, 11) is 4.58. The second kappa shape index (κ2) is 9.08. The Hall–Kier alpha value is -4.26. The summed E-state index contributed by atoms with van der Waals surface area (Å²) < 4.78 is 35.6. The smallest absolute Gasteiger partial charge is 0.235 e. The molecule has 0 spiro atoms. The van der Waals surface area contributed by atoms with Crippen LogP contribution < -0.4 is 19.6 Å². The molecule has 4 aromatic rings. The van der Waals surface area contributed by atoms with Crippen molar-refractivity contribution in [2.45, 2.75) is 0 Å². The molecule has 7 heteroatoms. The summed E-state index contributed by atoms with van der Waals surface area (Å²) in [6, 6.07) is 14.3. The molecular weight excluding hydrogens is 427 g/mol. The molecule has 0 saturated carbocycles. The number of fused-ring (bicyclic) bond motifs is 1. The molecule has 0 amide bonds. The molecule has 0 fully saturated rings. The topological polar surface area (TPSA) is 78.1 Å². The molecule has 0 atom stereocenters. The SMILES string of the molecule is COc1ccc(C=Cc2cc(OC)cc(OC)c2-c2oc3ccc(F)cc3c(=O)c2O)cc1. The third-order valence-corrected chi connectivity index (χ3v) is 5.19. The van der Waals surface area contributed by atoms with Gasteiger partial charge in [0.25, 0.3) is 0 Å². The quantitative estimate of drug-likeness (QED) is 0.393. The lowest BCUT2D eigenvalue weighted by Gasteiger charge is -2.15. The molecule has 0 bridgehead atoms. The van der Waals surface area contributed by atoms with Crippen LogP contribution in [0.15, 0.2) is 63.8 Å². The maximum atomic E-state index is 13.6. The highest BCUT2D eigenvalue weighted by molar-refractivity contribution is 5.88. The van der Waals surface area contributed by atoms with Gasteiger partial charge in [0.15, 0.2) is 5.76 Å². The van der Waals surface area contributed by atoms with Crippen molar-refractivity contribution >= 4 is 23.1 Å². The van der Waals surface area contributed by atoms with E-state index >= 15 is 0 Å². The van der Waals surface area contributed by atoms with Crippen LogP contribution in [-0.2, 0) is 0 Å². The zero-order valence-electron chi connectivity index (χ0n) is 18.2. The average Bonchev–Trinajstić information content (AvgIpc) is 2.85. The highest BCUT2D eigenvalue weighted by Crippen LogP contribution is 2.42. The van der Waals surface area contributed by atoms with Gasteiger partial charge in [-0.25, -0.2) is 4.39 Å². The maximum absolute atomic E-state index is 13.6.